The molecule has 0 bridgehead atoms. The molecule has 5 heteroatoms. The van der Waals surface area contributed by atoms with Crippen LogP contribution in [0.25, 0.3) is 0 Å². The van der Waals surface area contributed by atoms with Crippen LogP contribution in [0.3, 0.4) is 0 Å². The lowest BCUT2D eigenvalue weighted by molar-refractivity contribution is -0.144. The summed E-state index contributed by atoms with van der Waals surface area (Å²) < 4.78 is 5.35. The van der Waals surface area contributed by atoms with Crippen LogP contribution < -0.4 is 5.32 Å². The van der Waals surface area contributed by atoms with Crippen LogP contribution in [0.4, 0.5) is 0 Å². The summed E-state index contributed by atoms with van der Waals surface area (Å²) in [6.45, 7) is 8.92. The smallest absolute Gasteiger partial charge is 0.227 e. The minimum Gasteiger partial charge on any atom is -0.378 e. The first-order valence-corrected chi connectivity index (χ1v) is 11.1. The van der Waals surface area contributed by atoms with Gasteiger partial charge in [0.1, 0.15) is 0 Å². The van der Waals surface area contributed by atoms with Gasteiger partial charge >= 0.3 is 0 Å². The van der Waals surface area contributed by atoms with Crippen LogP contribution in [0.2, 0.25) is 0 Å². The van der Waals surface area contributed by atoms with Crippen molar-refractivity contribution in [1.82, 2.24) is 10.2 Å². The van der Waals surface area contributed by atoms with Gasteiger partial charge in [0.25, 0.3) is 0 Å². The van der Waals surface area contributed by atoms with Crippen LogP contribution in [0.1, 0.15) is 70.0 Å². The lowest BCUT2D eigenvalue weighted by Crippen LogP contribution is -2.47. The summed E-state index contributed by atoms with van der Waals surface area (Å²) in [5.74, 6) is 0.760. The quantitative estimate of drug-likeness (QED) is 0.756. The topological polar surface area (TPSA) is 58.6 Å². The monoisotopic (exact) mass is 400 g/mol. The highest BCUT2D eigenvalue weighted by Crippen LogP contribution is 2.42. The van der Waals surface area contributed by atoms with E-state index in [-0.39, 0.29) is 17.9 Å². The number of benzene rings is 1. The lowest BCUT2D eigenvalue weighted by atomic mass is 9.80. The van der Waals surface area contributed by atoms with Crippen LogP contribution in [-0.4, -0.2) is 43.0 Å². The average molecular weight is 401 g/mol. The summed E-state index contributed by atoms with van der Waals surface area (Å²) in [6, 6.07) is 8.48. The van der Waals surface area contributed by atoms with E-state index in [0.717, 1.165) is 37.7 Å². The standard InChI is InChI=1S/C24H36N2O3/c1-18(2)16-20-6-8-21(9-7-20)19(3)25-23(28)24(10-4-5-11-24)17-22(27)26-12-14-29-15-13-26/h6-9,18-19H,4-5,10-17H2,1-3H3,(H,25,28)/t19-/m1/s1. The van der Waals surface area contributed by atoms with E-state index in [1.54, 1.807) is 0 Å². The Kier molecular flexibility index (Phi) is 7.33. The third-order valence-electron chi connectivity index (χ3n) is 6.37. The molecule has 1 aromatic carbocycles. The fraction of sp³-hybridized carbons (Fsp3) is 0.667. The van der Waals surface area contributed by atoms with E-state index >= 15 is 0 Å². The zero-order valence-corrected chi connectivity index (χ0v) is 18.2. The van der Waals surface area contributed by atoms with E-state index in [1.807, 2.05) is 11.8 Å². The molecule has 29 heavy (non-hydrogen) atoms. The fourth-order valence-electron chi connectivity index (χ4n) is 4.60. The predicted molar refractivity (Wildman–Crippen MR) is 114 cm³/mol. The maximum absolute atomic E-state index is 13.3. The number of rotatable bonds is 7. The summed E-state index contributed by atoms with van der Waals surface area (Å²) in [6.07, 6.45) is 5.01. The zero-order valence-electron chi connectivity index (χ0n) is 18.2. The zero-order chi connectivity index (χ0) is 20.9. The molecule has 2 fully saturated rings. The van der Waals surface area contributed by atoms with Crippen molar-refractivity contribution in [3.8, 4) is 0 Å². The number of amides is 2. The Morgan fingerprint density at radius 3 is 2.28 bits per heavy atom. The second-order valence-corrected chi connectivity index (χ2v) is 9.19. The second kappa shape index (κ2) is 9.75. The molecule has 1 aromatic rings. The van der Waals surface area contributed by atoms with Gasteiger partial charge in [-0.05, 0) is 43.2 Å². The summed E-state index contributed by atoms with van der Waals surface area (Å²) in [4.78, 5) is 28.0. The molecule has 3 rings (SSSR count). The minimum atomic E-state index is -0.554. The largest absolute Gasteiger partial charge is 0.378 e. The van der Waals surface area contributed by atoms with E-state index in [9.17, 15) is 9.59 Å². The predicted octanol–water partition coefficient (Wildman–Crippen LogP) is 3.87. The molecule has 0 unspecified atom stereocenters. The van der Waals surface area contributed by atoms with Crippen molar-refractivity contribution in [2.24, 2.45) is 11.3 Å². The van der Waals surface area contributed by atoms with Gasteiger partial charge in [-0.3, -0.25) is 9.59 Å². The van der Waals surface area contributed by atoms with E-state index in [0.29, 0.717) is 38.6 Å². The molecular weight excluding hydrogens is 364 g/mol. The number of hydrogen-bond acceptors (Lipinski definition) is 3. The normalized spacial score (nSPS) is 19.9. The highest BCUT2D eigenvalue weighted by atomic mass is 16.5. The highest BCUT2D eigenvalue weighted by Gasteiger charge is 2.44. The van der Waals surface area contributed by atoms with E-state index in [4.69, 9.17) is 4.74 Å². The SMILES string of the molecule is CC(C)Cc1ccc([C@@H](C)NC(=O)C2(CC(=O)N3CCOCC3)CCCC2)cc1. The molecule has 0 radical (unpaired) electrons. The molecule has 1 saturated carbocycles. The molecule has 1 N–H and O–H groups in total. The Morgan fingerprint density at radius 1 is 1.07 bits per heavy atom. The summed E-state index contributed by atoms with van der Waals surface area (Å²) in [7, 11) is 0. The Bertz CT molecular complexity index is 687. The lowest BCUT2D eigenvalue weighted by Gasteiger charge is -2.33. The molecular formula is C24H36N2O3. The van der Waals surface area contributed by atoms with Crippen molar-refractivity contribution >= 4 is 11.8 Å². The first-order valence-electron chi connectivity index (χ1n) is 11.1. The van der Waals surface area contributed by atoms with Crippen molar-refractivity contribution in [3.63, 3.8) is 0 Å². The van der Waals surface area contributed by atoms with Crippen molar-refractivity contribution in [1.29, 1.82) is 0 Å². The van der Waals surface area contributed by atoms with E-state index < -0.39 is 5.41 Å². The van der Waals surface area contributed by atoms with E-state index in [2.05, 4.69) is 43.4 Å². The van der Waals surface area contributed by atoms with Gasteiger partial charge in [-0.2, -0.15) is 0 Å². The molecule has 0 spiro atoms. The molecule has 1 heterocycles. The number of ether oxygens (including phenoxy) is 1. The van der Waals surface area contributed by atoms with Crippen molar-refractivity contribution in [2.75, 3.05) is 26.3 Å². The van der Waals surface area contributed by atoms with Gasteiger partial charge in [0, 0.05) is 19.5 Å². The second-order valence-electron chi connectivity index (χ2n) is 9.19. The van der Waals surface area contributed by atoms with Gasteiger partial charge in [0.05, 0.1) is 24.7 Å². The number of morpholine rings is 1. The Hall–Kier alpha value is -1.88. The highest BCUT2D eigenvalue weighted by molar-refractivity contribution is 5.89. The molecule has 1 atom stereocenters. The van der Waals surface area contributed by atoms with E-state index in [1.165, 1.54) is 5.56 Å². The van der Waals surface area contributed by atoms with Crippen molar-refractivity contribution in [3.05, 3.63) is 35.4 Å². The van der Waals surface area contributed by atoms with Crippen LogP contribution >= 0.6 is 0 Å². The molecule has 2 amide bonds. The number of carbonyl (C=O) groups excluding carboxylic acids is 2. The summed E-state index contributed by atoms with van der Waals surface area (Å²) in [5.41, 5.74) is 1.88. The Labute approximate surface area is 175 Å². The maximum Gasteiger partial charge on any atom is 0.227 e. The molecule has 160 valence electrons. The maximum atomic E-state index is 13.3. The Balaban J connectivity index is 1.63. The third kappa shape index (κ3) is 5.59. The van der Waals surface area contributed by atoms with Gasteiger partial charge in [0.2, 0.25) is 11.8 Å². The first-order chi connectivity index (χ1) is 13.9. The summed E-state index contributed by atoms with van der Waals surface area (Å²) in [5, 5.41) is 3.21. The molecule has 1 aliphatic heterocycles. The number of carbonyl (C=O) groups is 2. The van der Waals surface area contributed by atoms with Gasteiger partial charge in [-0.15, -0.1) is 0 Å². The first kappa shape index (κ1) is 21.8. The van der Waals surface area contributed by atoms with Crippen LogP contribution in [0, 0.1) is 11.3 Å². The molecule has 1 saturated heterocycles. The van der Waals surface area contributed by atoms with Crippen LogP contribution in [0.15, 0.2) is 24.3 Å². The Morgan fingerprint density at radius 2 is 1.69 bits per heavy atom. The fourth-order valence-corrected chi connectivity index (χ4v) is 4.60. The van der Waals surface area contributed by atoms with Crippen LogP contribution in [0.5, 0.6) is 0 Å². The summed E-state index contributed by atoms with van der Waals surface area (Å²) >= 11 is 0. The molecule has 0 aromatic heterocycles. The van der Waals surface area contributed by atoms with Gasteiger partial charge in [0.15, 0.2) is 0 Å². The third-order valence-corrected chi connectivity index (χ3v) is 6.37. The molecule has 2 aliphatic rings. The van der Waals surface area contributed by atoms with Crippen molar-refractivity contribution in [2.45, 2.75) is 65.3 Å². The molecule has 1 aliphatic carbocycles. The van der Waals surface area contributed by atoms with Gasteiger partial charge in [-0.25, -0.2) is 0 Å². The van der Waals surface area contributed by atoms with Gasteiger partial charge < -0.3 is 15.0 Å². The molecule has 5 nitrogen and oxygen atoms in total. The number of nitrogens with one attached hydrogen (secondary N) is 1. The minimum absolute atomic E-state index is 0.0374. The number of nitrogens with zero attached hydrogens (tertiary/aromatic N) is 1. The average Bonchev–Trinajstić information content (AvgIpc) is 3.18. The van der Waals surface area contributed by atoms with Crippen molar-refractivity contribution < 1.29 is 14.3 Å². The number of hydrogen-bond donors (Lipinski definition) is 1. The van der Waals surface area contributed by atoms with Crippen LogP contribution in [-0.2, 0) is 20.7 Å². The van der Waals surface area contributed by atoms with Gasteiger partial charge in [-0.1, -0.05) is 51.0 Å².